The SMILES string of the molecule is O[C@H]1CCCC[C@H]1[C@H](c1ccccc1)N1CCCC1. The predicted molar refractivity (Wildman–Crippen MR) is 78.0 cm³/mol. The van der Waals surface area contributed by atoms with Crippen LogP contribution >= 0.6 is 0 Å². The monoisotopic (exact) mass is 259 g/mol. The molecule has 1 aliphatic heterocycles. The van der Waals surface area contributed by atoms with Crippen molar-refractivity contribution in [3.8, 4) is 0 Å². The Kier molecular flexibility index (Phi) is 4.19. The number of likely N-dealkylation sites (tertiary alicyclic amines) is 1. The lowest BCUT2D eigenvalue weighted by molar-refractivity contribution is 0.0147. The first-order valence-electron chi connectivity index (χ1n) is 7.83. The topological polar surface area (TPSA) is 23.5 Å². The molecule has 1 aliphatic carbocycles. The number of hydrogen-bond acceptors (Lipinski definition) is 2. The van der Waals surface area contributed by atoms with Crippen LogP contribution < -0.4 is 0 Å². The first-order valence-corrected chi connectivity index (χ1v) is 7.83. The molecule has 104 valence electrons. The highest BCUT2D eigenvalue weighted by molar-refractivity contribution is 5.21. The van der Waals surface area contributed by atoms with Gasteiger partial charge in [0.15, 0.2) is 0 Å². The van der Waals surface area contributed by atoms with E-state index in [0.29, 0.717) is 12.0 Å². The van der Waals surface area contributed by atoms with Crippen LogP contribution in [0.25, 0.3) is 0 Å². The zero-order chi connectivity index (χ0) is 13.1. The number of aliphatic hydroxyl groups excluding tert-OH is 1. The fraction of sp³-hybridized carbons (Fsp3) is 0.647. The van der Waals surface area contributed by atoms with Crippen LogP contribution in [0.4, 0.5) is 0 Å². The molecule has 1 saturated carbocycles. The van der Waals surface area contributed by atoms with Gasteiger partial charge >= 0.3 is 0 Å². The van der Waals surface area contributed by atoms with E-state index in [9.17, 15) is 5.11 Å². The lowest BCUT2D eigenvalue weighted by atomic mass is 9.78. The zero-order valence-corrected chi connectivity index (χ0v) is 11.7. The molecule has 0 radical (unpaired) electrons. The maximum Gasteiger partial charge on any atom is 0.0586 e. The number of hydrogen-bond donors (Lipinski definition) is 1. The smallest absolute Gasteiger partial charge is 0.0586 e. The Labute approximate surface area is 116 Å². The highest BCUT2D eigenvalue weighted by Crippen LogP contribution is 2.39. The molecule has 1 aromatic carbocycles. The van der Waals surface area contributed by atoms with Crippen molar-refractivity contribution in [2.24, 2.45) is 5.92 Å². The quantitative estimate of drug-likeness (QED) is 0.899. The Morgan fingerprint density at radius 1 is 0.947 bits per heavy atom. The van der Waals surface area contributed by atoms with Gasteiger partial charge in [-0.05, 0) is 44.3 Å². The van der Waals surface area contributed by atoms with Gasteiger partial charge in [0.25, 0.3) is 0 Å². The molecule has 1 saturated heterocycles. The van der Waals surface area contributed by atoms with E-state index < -0.39 is 0 Å². The van der Waals surface area contributed by atoms with Crippen molar-refractivity contribution >= 4 is 0 Å². The average Bonchev–Trinajstić information content (AvgIpc) is 2.96. The summed E-state index contributed by atoms with van der Waals surface area (Å²) in [6, 6.07) is 11.3. The molecule has 2 nitrogen and oxygen atoms in total. The van der Waals surface area contributed by atoms with Crippen LogP contribution in [0.3, 0.4) is 0 Å². The maximum absolute atomic E-state index is 10.4. The third-order valence-electron chi connectivity index (χ3n) is 4.86. The Hall–Kier alpha value is -0.860. The summed E-state index contributed by atoms with van der Waals surface area (Å²) >= 11 is 0. The molecule has 0 amide bonds. The van der Waals surface area contributed by atoms with Gasteiger partial charge in [-0.3, -0.25) is 4.90 Å². The Bertz CT molecular complexity index is 386. The minimum Gasteiger partial charge on any atom is -0.393 e. The molecule has 0 bridgehead atoms. The van der Waals surface area contributed by atoms with Crippen molar-refractivity contribution in [2.45, 2.75) is 50.7 Å². The lowest BCUT2D eigenvalue weighted by Gasteiger charge is -2.39. The molecule has 19 heavy (non-hydrogen) atoms. The summed E-state index contributed by atoms with van der Waals surface area (Å²) in [7, 11) is 0. The van der Waals surface area contributed by atoms with Gasteiger partial charge in [0.05, 0.1) is 6.10 Å². The van der Waals surface area contributed by atoms with Gasteiger partial charge in [0.1, 0.15) is 0 Å². The van der Waals surface area contributed by atoms with Crippen LogP contribution in [0.5, 0.6) is 0 Å². The summed E-state index contributed by atoms with van der Waals surface area (Å²) in [5, 5.41) is 10.4. The van der Waals surface area contributed by atoms with Crippen LogP contribution in [-0.4, -0.2) is 29.2 Å². The fourth-order valence-electron chi connectivity index (χ4n) is 3.91. The predicted octanol–water partition coefficient (Wildman–Crippen LogP) is 3.37. The van der Waals surface area contributed by atoms with E-state index in [-0.39, 0.29) is 6.10 Å². The molecule has 3 atom stereocenters. The van der Waals surface area contributed by atoms with Crippen LogP contribution in [0.2, 0.25) is 0 Å². The first kappa shape index (κ1) is 13.1. The Morgan fingerprint density at radius 2 is 1.63 bits per heavy atom. The number of nitrogens with zero attached hydrogens (tertiary/aromatic N) is 1. The average molecular weight is 259 g/mol. The molecule has 2 aliphatic rings. The van der Waals surface area contributed by atoms with E-state index in [1.807, 2.05) is 0 Å². The Balaban J connectivity index is 1.87. The van der Waals surface area contributed by atoms with Gasteiger partial charge in [0, 0.05) is 12.0 Å². The summed E-state index contributed by atoms with van der Waals surface area (Å²) in [4.78, 5) is 2.61. The van der Waals surface area contributed by atoms with E-state index in [4.69, 9.17) is 0 Å². The summed E-state index contributed by atoms with van der Waals surface area (Å²) in [5.74, 6) is 0.425. The summed E-state index contributed by atoms with van der Waals surface area (Å²) in [6.45, 7) is 2.39. The largest absolute Gasteiger partial charge is 0.393 e. The molecule has 3 rings (SSSR count). The van der Waals surface area contributed by atoms with Gasteiger partial charge in [-0.15, -0.1) is 0 Å². The van der Waals surface area contributed by atoms with Crippen molar-refractivity contribution in [3.63, 3.8) is 0 Å². The van der Waals surface area contributed by atoms with Crippen molar-refractivity contribution < 1.29 is 5.11 Å². The summed E-state index contributed by atoms with van der Waals surface area (Å²) in [6.07, 6.45) is 7.15. The molecule has 1 aromatic rings. The fourth-order valence-corrected chi connectivity index (χ4v) is 3.91. The van der Waals surface area contributed by atoms with Crippen LogP contribution in [0.15, 0.2) is 30.3 Å². The Morgan fingerprint density at radius 3 is 2.32 bits per heavy atom. The maximum atomic E-state index is 10.4. The molecular weight excluding hydrogens is 234 g/mol. The van der Waals surface area contributed by atoms with Gasteiger partial charge in [-0.2, -0.15) is 0 Å². The third kappa shape index (κ3) is 2.85. The van der Waals surface area contributed by atoms with Gasteiger partial charge < -0.3 is 5.11 Å². The second-order valence-electron chi connectivity index (χ2n) is 6.11. The van der Waals surface area contributed by atoms with E-state index in [2.05, 4.69) is 35.2 Å². The summed E-state index contributed by atoms with van der Waals surface area (Å²) < 4.78 is 0. The normalized spacial score (nSPS) is 30.4. The minimum atomic E-state index is -0.112. The first-order chi connectivity index (χ1) is 9.36. The van der Waals surface area contributed by atoms with Crippen molar-refractivity contribution in [1.29, 1.82) is 0 Å². The van der Waals surface area contributed by atoms with E-state index in [1.54, 1.807) is 0 Å². The third-order valence-corrected chi connectivity index (χ3v) is 4.86. The molecule has 1 N–H and O–H groups in total. The second-order valence-corrected chi connectivity index (χ2v) is 6.11. The minimum absolute atomic E-state index is 0.112. The van der Waals surface area contributed by atoms with Crippen LogP contribution in [0, 0.1) is 5.92 Å². The van der Waals surface area contributed by atoms with Crippen LogP contribution in [-0.2, 0) is 0 Å². The molecular formula is C17H25NO. The number of rotatable bonds is 3. The van der Waals surface area contributed by atoms with Gasteiger partial charge in [-0.25, -0.2) is 0 Å². The molecule has 0 spiro atoms. The number of benzene rings is 1. The number of aliphatic hydroxyl groups is 1. The molecule has 2 fully saturated rings. The highest BCUT2D eigenvalue weighted by Gasteiger charge is 2.36. The standard InChI is InChI=1S/C17H25NO/c19-16-11-5-4-10-15(16)17(18-12-6-7-13-18)14-8-2-1-3-9-14/h1-3,8-9,15-17,19H,4-7,10-13H2/t15-,16+,17+/m1/s1. The molecule has 2 heteroatoms. The van der Waals surface area contributed by atoms with Crippen LogP contribution in [0.1, 0.15) is 50.1 Å². The van der Waals surface area contributed by atoms with E-state index >= 15 is 0 Å². The van der Waals surface area contributed by atoms with Crippen molar-refractivity contribution in [3.05, 3.63) is 35.9 Å². The van der Waals surface area contributed by atoms with E-state index in [0.717, 1.165) is 6.42 Å². The highest BCUT2D eigenvalue weighted by atomic mass is 16.3. The lowest BCUT2D eigenvalue weighted by Crippen LogP contribution is -2.38. The molecule has 1 heterocycles. The van der Waals surface area contributed by atoms with Crippen molar-refractivity contribution in [1.82, 2.24) is 4.90 Å². The molecule has 0 aromatic heterocycles. The zero-order valence-electron chi connectivity index (χ0n) is 11.7. The summed E-state index contributed by atoms with van der Waals surface area (Å²) in [5.41, 5.74) is 1.40. The molecule has 0 unspecified atom stereocenters. The van der Waals surface area contributed by atoms with E-state index in [1.165, 1.54) is 50.8 Å². The second kappa shape index (κ2) is 6.06. The van der Waals surface area contributed by atoms with Gasteiger partial charge in [-0.1, -0.05) is 43.2 Å². The van der Waals surface area contributed by atoms with Gasteiger partial charge in [0.2, 0.25) is 0 Å². The van der Waals surface area contributed by atoms with Crippen molar-refractivity contribution in [2.75, 3.05) is 13.1 Å².